The topological polar surface area (TPSA) is 79.3 Å². The monoisotopic (exact) mass is 500 g/mol. The Balaban J connectivity index is 1.96. The molecule has 3 aromatic rings. The van der Waals surface area contributed by atoms with Crippen LogP contribution in [0.4, 0.5) is 11.4 Å². The molecule has 0 aromatic heterocycles. The lowest BCUT2D eigenvalue weighted by atomic mass is 9.92. The molecule has 0 bridgehead atoms. The number of carbonyl (C=O) groups is 2. The van der Waals surface area contributed by atoms with E-state index in [0.717, 1.165) is 29.9 Å². The van der Waals surface area contributed by atoms with Crippen molar-refractivity contribution < 1.29 is 24.2 Å². The zero-order valence-electron chi connectivity index (χ0n) is 21.8. The Morgan fingerprint density at radius 1 is 0.892 bits per heavy atom. The van der Waals surface area contributed by atoms with E-state index in [9.17, 15) is 14.7 Å². The molecule has 0 spiro atoms. The standard InChI is InChI=1S/C30H32N2O5/c1-6-31(7-2)20-15-17-21(18-16-20)32-27(22-12-9-8-11-19(22)3)26(29(34)30(32)35)28(33)25-23(36-4)13-10-14-24(25)37-5/h8-18,27,33H,6-7H2,1-5H3/b28-26+. The maximum atomic E-state index is 13.6. The van der Waals surface area contributed by atoms with E-state index in [4.69, 9.17) is 9.47 Å². The summed E-state index contributed by atoms with van der Waals surface area (Å²) in [4.78, 5) is 30.8. The zero-order chi connectivity index (χ0) is 26.7. The smallest absolute Gasteiger partial charge is 0.300 e. The van der Waals surface area contributed by atoms with Crippen molar-refractivity contribution in [1.82, 2.24) is 0 Å². The van der Waals surface area contributed by atoms with Gasteiger partial charge in [0.05, 0.1) is 25.8 Å². The van der Waals surface area contributed by atoms with E-state index in [1.54, 1.807) is 18.2 Å². The van der Waals surface area contributed by atoms with Crippen LogP contribution in [0.3, 0.4) is 0 Å². The molecule has 0 aliphatic carbocycles. The fourth-order valence-electron chi connectivity index (χ4n) is 4.92. The van der Waals surface area contributed by atoms with Crippen molar-refractivity contribution in [3.63, 3.8) is 0 Å². The number of anilines is 2. The van der Waals surface area contributed by atoms with Crippen LogP contribution in [-0.2, 0) is 9.59 Å². The average Bonchev–Trinajstić information content (AvgIpc) is 3.19. The molecule has 1 heterocycles. The third-order valence-corrected chi connectivity index (χ3v) is 6.85. The van der Waals surface area contributed by atoms with Gasteiger partial charge in [-0.1, -0.05) is 30.3 Å². The molecule has 1 amide bonds. The van der Waals surface area contributed by atoms with E-state index in [1.165, 1.54) is 19.1 Å². The molecule has 1 aliphatic rings. The predicted molar refractivity (Wildman–Crippen MR) is 146 cm³/mol. The molecule has 37 heavy (non-hydrogen) atoms. The number of hydrogen-bond acceptors (Lipinski definition) is 6. The summed E-state index contributed by atoms with van der Waals surface area (Å²) in [5, 5.41) is 11.6. The van der Waals surface area contributed by atoms with Gasteiger partial charge >= 0.3 is 0 Å². The van der Waals surface area contributed by atoms with Crippen molar-refractivity contribution in [3.8, 4) is 11.5 Å². The number of aryl methyl sites for hydroxylation is 1. The van der Waals surface area contributed by atoms with E-state index < -0.39 is 17.7 Å². The van der Waals surface area contributed by atoms with Crippen LogP contribution in [0.5, 0.6) is 11.5 Å². The summed E-state index contributed by atoms with van der Waals surface area (Å²) in [7, 11) is 2.95. The number of methoxy groups -OCH3 is 2. The number of nitrogens with zero attached hydrogens (tertiary/aromatic N) is 2. The fourth-order valence-corrected chi connectivity index (χ4v) is 4.92. The number of Topliss-reactive ketones (excluding diaryl/α,β-unsaturated/α-hetero) is 1. The maximum Gasteiger partial charge on any atom is 0.300 e. The fraction of sp³-hybridized carbons (Fsp3) is 0.267. The summed E-state index contributed by atoms with van der Waals surface area (Å²) in [5.74, 6) is -1.17. The number of aliphatic hydroxyl groups is 1. The second-order valence-corrected chi connectivity index (χ2v) is 8.75. The lowest BCUT2D eigenvalue weighted by Crippen LogP contribution is -2.30. The number of amides is 1. The van der Waals surface area contributed by atoms with Crippen LogP contribution >= 0.6 is 0 Å². The van der Waals surface area contributed by atoms with Crippen molar-refractivity contribution in [3.05, 3.63) is 89.0 Å². The summed E-state index contributed by atoms with van der Waals surface area (Å²) in [6, 6.07) is 19.3. The quantitative estimate of drug-likeness (QED) is 0.251. The van der Waals surface area contributed by atoms with Crippen LogP contribution in [-0.4, -0.2) is 44.1 Å². The molecule has 0 radical (unpaired) electrons. The van der Waals surface area contributed by atoms with E-state index in [2.05, 4.69) is 18.7 Å². The largest absolute Gasteiger partial charge is 0.506 e. The highest BCUT2D eigenvalue weighted by Gasteiger charge is 2.48. The highest BCUT2D eigenvalue weighted by atomic mass is 16.5. The van der Waals surface area contributed by atoms with Gasteiger partial charge in [-0.15, -0.1) is 0 Å². The first-order chi connectivity index (χ1) is 17.9. The van der Waals surface area contributed by atoms with Crippen LogP contribution in [0.1, 0.15) is 36.6 Å². The first-order valence-corrected chi connectivity index (χ1v) is 12.3. The molecule has 192 valence electrons. The molecule has 3 aromatic carbocycles. The highest BCUT2D eigenvalue weighted by molar-refractivity contribution is 6.51. The molecule has 7 heteroatoms. The van der Waals surface area contributed by atoms with E-state index >= 15 is 0 Å². The molecule has 0 saturated carbocycles. The van der Waals surface area contributed by atoms with Crippen molar-refractivity contribution in [2.45, 2.75) is 26.8 Å². The second kappa shape index (κ2) is 10.8. The highest BCUT2D eigenvalue weighted by Crippen LogP contribution is 2.45. The summed E-state index contributed by atoms with van der Waals surface area (Å²) in [6.07, 6.45) is 0. The van der Waals surface area contributed by atoms with E-state index in [1.807, 2.05) is 55.5 Å². The van der Waals surface area contributed by atoms with Crippen LogP contribution in [0, 0.1) is 6.92 Å². The molecule has 1 saturated heterocycles. The minimum Gasteiger partial charge on any atom is -0.506 e. The van der Waals surface area contributed by atoms with Gasteiger partial charge in [0.25, 0.3) is 11.7 Å². The second-order valence-electron chi connectivity index (χ2n) is 8.75. The van der Waals surface area contributed by atoms with Gasteiger partial charge in [-0.2, -0.15) is 0 Å². The number of aliphatic hydroxyl groups excluding tert-OH is 1. The SMILES string of the molecule is CCN(CC)c1ccc(N2C(=O)C(=O)/C(=C(/O)c3c(OC)cccc3OC)C2c2ccccc2C)cc1. The minimum absolute atomic E-state index is 0.0186. The van der Waals surface area contributed by atoms with Crippen molar-refractivity contribution in [1.29, 1.82) is 0 Å². The van der Waals surface area contributed by atoms with Gasteiger partial charge in [0.2, 0.25) is 0 Å². The van der Waals surface area contributed by atoms with Gasteiger partial charge in [-0.05, 0) is 68.3 Å². The van der Waals surface area contributed by atoms with Crippen molar-refractivity contribution in [2.75, 3.05) is 37.1 Å². The number of rotatable bonds is 8. The van der Waals surface area contributed by atoms with Crippen LogP contribution in [0.25, 0.3) is 5.76 Å². The van der Waals surface area contributed by atoms with Crippen molar-refractivity contribution in [2.24, 2.45) is 0 Å². The van der Waals surface area contributed by atoms with Crippen molar-refractivity contribution >= 4 is 28.8 Å². The van der Waals surface area contributed by atoms with Gasteiger partial charge in [-0.25, -0.2) is 0 Å². The van der Waals surface area contributed by atoms with Gasteiger partial charge < -0.3 is 19.5 Å². The van der Waals surface area contributed by atoms with E-state index in [0.29, 0.717) is 17.2 Å². The Hall–Kier alpha value is -4.26. The molecule has 1 aliphatic heterocycles. The molecule has 1 fully saturated rings. The zero-order valence-corrected chi connectivity index (χ0v) is 21.8. The van der Waals surface area contributed by atoms with Gasteiger partial charge in [-0.3, -0.25) is 14.5 Å². The summed E-state index contributed by atoms with van der Waals surface area (Å²) in [6.45, 7) is 7.79. The number of carbonyl (C=O) groups excluding carboxylic acids is 2. The first kappa shape index (κ1) is 25.8. The van der Waals surface area contributed by atoms with Gasteiger partial charge in [0, 0.05) is 24.5 Å². The maximum absolute atomic E-state index is 13.6. The normalized spacial score (nSPS) is 16.7. The van der Waals surface area contributed by atoms with E-state index in [-0.39, 0.29) is 16.9 Å². The third kappa shape index (κ3) is 4.53. The number of benzene rings is 3. The lowest BCUT2D eigenvalue weighted by molar-refractivity contribution is -0.132. The molecule has 1 unspecified atom stereocenters. The summed E-state index contributed by atoms with van der Waals surface area (Å²) < 4.78 is 10.9. The average molecular weight is 501 g/mol. The molecule has 1 atom stereocenters. The molecule has 7 nitrogen and oxygen atoms in total. The number of ketones is 1. The Bertz CT molecular complexity index is 1320. The minimum atomic E-state index is -0.838. The van der Waals surface area contributed by atoms with Gasteiger partial charge in [0.1, 0.15) is 22.8 Å². The predicted octanol–water partition coefficient (Wildman–Crippen LogP) is 5.48. The molecule has 4 rings (SSSR count). The Kier molecular flexibility index (Phi) is 7.53. The summed E-state index contributed by atoms with van der Waals surface area (Å²) >= 11 is 0. The Morgan fingerprint density at radius 3 is 2.03 bits per heavy atom. The molecular weight excluding hydrogens is 468 g/mol. The van der Waals surface area contributed by atoms with Gasteiger partial charge in [0.15, 0.2) is 0 Å². The molecule has 1 N–H and O–H groups in total. The Morgan fingerprint density at radius 2 is 1.49 bits per heavy atom. The summed E-state index contributed by atoms with van der Waals surface area (Å²) in [5.41, 5.74) is 3.42. The lowest BCUT2D eigenvalue weighted by Gasteiger charge is -2.28. The van der Waals surface area contributed by atoms with Crippen LogP contribution < -0.4 is 19.3 Å². The molecular formula is C30H32N2O5. The van der Waals surface area contributed by atoms with Crippen LogP contribution in [0.2, 0.25) is 0 Å². The third-order valence-electron chi connectivity index (χ3n) is 6.85. The Labute approximate surface area is 217 Å². The number of ether oxygens (including phenoxy) is 2. The van der Waals surface area contributed by atoms with Crippen LogP contribution in [0.15, 0.2) is 72.3 Å². The first-order valence-electron chi connectivity index (χ1n) is 12.3. The number of hydrogen-bond donors (Lipinski definition) is 1.